The van der Waals surface area contributed by atoms with Crippen LogP contribution in [-0.4, -0.2) is 24.8 Å². The fourth-order valence-electron chi connectivity index (χ4n) is 2.22. The quantitative estimate of drug-likeness (QED) is 0.794. The normalized spacial score (nSPS) is 23.3. The Bertz CT molecular complexity index is 419. The van der Waals surface area contributed by atoms with Crippen molar-refractivity contribution in [3.8, 4) is 0 Å². The summed E-state index contributed by atoms with van der Waals surface area (Å²) in [6.07, 6.45) is 1.25. The third kappa shape index (κ3) is 2.49. The van der Waals surface area contributed by atoms with E-state index in [-0.39, 0.29) is 11.8 Å². The van der Waals surface area contributed by atoms with Gasteiger partial charge in [0.1, 0.15) is 5.82 Å². The maximum Gasteiger partial charge on any atom is 0.151 e. The van der Waals surface area contributed by atoms with Crippen LogP contribution in [0.15, 0.2) is 12.1 Å². The predicted octanol–water partition coefficient (Wildman–Crippen LogP) is 1.75. The highest BCUT2D eigenvalue weighted by Crippen LogP contribution is 2.32. The molecule has 1 aliphatic rings. The Balaban J connectivity index is 2.10. The third-order valence-electron chi connectivity index (χ3n) is 3.23. The van der Waals surface area contributed by atoms with Gasteiger partial charge in [-0.25, -0.2) is 8.78 Å². The van der Waals surface area contributed by atoms with Gasteiger partial charge in [-0.15, -0.1) is 0 Å². The van der Waals surface area contributed by atoms with Gasteiger partial charge in [0, 0.05) is 19.7 Å². The van der Waals surface area contributed by atoms with Crippen LogP contribution in [0, 0.1) is 17.6 Å². The average Bonchev–Trinajstić information content (AvgIpc) is 2.21. The fourth-order valence-corrected chi connectivity index (χ4v) is 2.22. The number of nitrogens with zero attached hydrogens (tertiary/aromatic N) is 1. The highest BCUT2D eigenvalue weighted by Gasteiger charge is 2.28. The van der Waals surface area contributed by atoms with E-state index in [4.69, 9.17) is 5.73 Å². The molecule has 1 saturated carbocycles. The van der Waals surface area contributed by atoms with Crippen molar-refractivity contribution < 1.29 is 13.9 Å². The molecule has 0 atom stereocenters. The molecule has 2 rings (SSSR count). The number of benzene rings is 1. The lowest BCUT2D eigenvalue weighted by atomic mass is 9.82. The molecule has 5 heteroatoms. The van der Waals surface area contributed by atoms with Crippen LogP contribution in [0.2, 0.25) is 0 Å². The number of hydrogen-bond acceptors (Lipinski definition) is 3. The molecular weight excluding hydrogens is 226 g/mol. The van der Waals surface area contributed by atoms with Gasteiger partial charge in [-0.1, -0.05) is 0 Å². The van der Waals surface area contributed by atoms with E-state index in [1.807, 2.05) is 0 Å². The van der Waals surface area contributed by atoms with Crippen LogP contribution in [0.5, 0.6) is 0 Å². The zero-order chi connectivity index (χ0) is 12.6. The van der Waals surface area contributed by atoms with Crippen molar-refractivity contribution in [1.82, 2.24) is 0 Å². The van der Waals surface area contributed by atoms with Crippen molar-refractivity contribution in [2.24, 2.45) is 5.92 Å². The zero-order valence-electron chi connectivity index (χ0n) is 9.66. The zero-order valence-corrected chi connectivity index (χ0v) is 9.66. The Morgan fingerprint density at radius 2 is 2.06 bits per heavy atom. The van der Waals surface area contributed by atoms with E-state index in [1.165, 1.54) is 6.07 Å². The largest absolute Gasteiger partial charge is 0.395 e. The van der Waals surface area contributed by atoms with Gasteiger partial charge < -0.3 is 15.7 Å². The summed E-state index contributed by atoms with van der Waals surface area (Å²) in [4.78, 5) is 1.73. The van der Waals surface area contributed by atoms with Crippen LogP contribution in [0.3, 0.4) is 0 Å². The summed E-state index contributed by atoms with van der Waals surface area (Å²) in [5.41, 5.74) is 5.91. The number of anilines is 2. The number of hydrogen-bond donors (Lipinski definition) is 2. The first-order chi connectivity index (χ1) is 7.97. The molecule has 0 saturated heterocycles. The molecule has 3 N–H and O–H groups in total. The van der Waals surface area contributed by atoms with Gasteiger partial charge in [0.25, 0.3) is 0 Å². The Kier molecular flexibility index (Phi) is 3.19. The molecule has 1 fully saturated rings. The number of aliphatic hydroxyl groups is 1. The summed E-state index contributed by atoms with van der Waals surface area (Å²) < 4.78 is 26.4. The highest BCUT2D eigenvalue weighted by molar-refractivity contribution is 5.68. The second-order valence-electron chi connectivity index (χ2n) is 4.69. The molecule has 94 valence electrons. The monoisotopic (exact) mass is 242 g/mol. The molecule has 0 amide bonds. The van der Waals surface area contributed by atoms with Crippen molar-refractivity contribution in [1.29, 1.82) is 0 Å². The first-order valence-electron chi connectivity index (χ1n) is 5.61. The van der Waals surface area contributed by atoms with Crippen molar-refractivity contribution in [2.75, 3.05) is 24.2 Å². The van der Waals surface area contributed by atoms with Gasteiger partial charge in [0.05, 0.1) is 17.5 Å². The fraction of sp³-hybridized carbons (Fsp3) is 0.500. The summed E-state index contributed by atoms with van der Waals surface area (Å²) in [5, 5.41) is 9.18. The Morgan fingerprint density at radius 3 is 2.65 bits per heavy atom. The van der Waals surface area contributed by atoms with Gasteiger partial charge in [-0.05, 0) is 24.8 Å². The Morgan fingerprint density at radius 1 is 1.41 bits per heavy atom. The summed E-state index contributed by atoms with van der Waals surface area (Å²) in [5.74, 6) is -1.01. The van der Waals surface area contributed by atoms with E-state index in [9.17, 15) is 13.9 Å². The number of halogens is 2. The molecule has 17 heavy (non-hydrogen) atoms. The van der Waals surface area contributed by atoms with Crippen LogP contribution >= 0.6 is 0 Å². The Labute approximate surface area is 98.8 Å². The second-order valence-corrected chi connectivity index (χ2v) is 4.69. The van der Waals surface area contributed by atoms with Crippen LogP contribution in [0.4, 0.5) is 20.2 Å². The van der Waals surface area contributed by atoms with Crippen LogP contribution in [0.1, 0.15) is 12.8 Å². The topological polar surface area (TPSA) is 49.5 Å². The third-order valence-corrected chi connectivity index (χ3v) is 3.23. The van der Waals surface area contributed by atoms with Gasteiger partial charge in [0.15, 0.2) is 5.82 Å². The molecule has 1 aliphatic carbocycles. The minimum Gasteiger partial charge on any atom is -0.395 e. The first-order valence-corrected chi connectivity index (χ1v) is 5.61. The van der Waals surface area contributed by atoms with Crippen LogP contribution in [0.25, 0.3) is 0 Å². The van der Waals surface area contributed by atoms with Crippen LogP contribution in [-0.2, 0) is 0 Å². The summed E-state index contributed by atoms with van der Waals surface area (Å²) >= 11 is 0. The predicted molar refractivity (Wildman–Crippen MR) is 62.8 cm³/mol. The van der Waals surface area contributed by atoms with E-state index in [0.29, 0.717) is 18.2 Å². The van der Waals surface area contributed by atoms with E-state index in [2.05, 4.69) is 0 Å². The Hall–Kier alpha value is -1.36. The number of rotatable bonds is 3. The smallest absolute Gasteiger partial charge is 0.151 e. The molecule has 0 bridgehead atoms. The van der Waals surface area contributed by atoms with Crippen molar-refractivity contribution >= 4 is 11.4 Å². The van der Waals surface area contributed by atoms with E-state index >= 15 is 0 Å². The molecule has 3 nitrogen and oxygen atoms in total. The minimum absolute atomic E-state index is 0.0335. The molecule has 1 aromatic carbocycles. The molecular formula is C12H16F2N2O. The van der Waals surface area contributed by atoms with Gasteiger partial charge in [-0.2, -0.15) is 0 Å². The number of nitrogens with two attached hydrogens (primary N) is 1. The summed E-state index contributed by atoms with van der Waals surface area (Å²) in [7, 11) is 1.75. The SMILES string of the molecule is CN(CC1CC(O)C1)c1cc(F)cc(F)c1N. The highest BCUT2D eigenvalue weighted by atomic mass is 19.1. The maximum absolute atomic E-state index is 13.3. The van der Waals surface area contributed by atoms with Gasteiger partial charge in [-0.3, -0.25) is 0 Å². The number of nitrogen functional groups attached to an aromatic ring is 1. The van der Waals surface area contributed by atoms with Gasteiger partial charge in [0.2, 0.25) is 0 Å². The first kappa shape index (κ1) is 12.1. The molecule has 0 heterocycles. The van der Waals surface area contributed by atoms with Crippen molar-refractivity contribution in [3.63, 3.8) is 0 Å². The summed E-state index contributed by atoms with van der Waals surface area (Å²) in [6, 6.07) is 2.01. The molecule has 0 aromatic heterocycles. The molecule has 1 aromatic rings. The summed E-state index contributed by atoms with van der Waals surface area (Å²) in [6.45, 7) is 0.643. The lowest BCUT2D eigenvalue weighted by molar-refractivity contribution is 0.0465. The molecule has 0 radical (unpaired) electrons. The lowest BCUT2D eigenvalue weighted by Crippen LogP contribution is -2.37. The van der Waals surface area contributed by atoms with E-state index < -0.39 is 11.6 Å². The standard InChI is InChI=1S/C12H16F2N2O/c1-16(6-7-2-9(17)3-7)11-5-8(13)4-10(14)12(11)15/h4-5,7,9,17H,2-3,6,15H2,1H3. The second kappa shape index (κ2) is 4.49. The average molecular weight is 242 g/mol. The minimum atomic E-state index is -0.736. The molecule has 0 spiro atoms. The van der Waals surface area contributed by atoms with Crippen molar-refractivity contribution in [2.45, 2.75) is 18.9 Å². The van der Waals surface area contributed by atoms with Crippen LogP contribution < -0.4 is 10.6 Å². The molecule has 0 aliphatic heterocycles. The maximum atomic E-state index is 13.3. The van der Waals surface area contributed by atoms with Crippen molar-refractivity contribution in [3.05, 3.63) is 23.8 Å². The van der Waals surface area contributed by atoms with Gasteiger partial charge >= 0.3 is 0 Å². The molecule has 0 unspecified atom stereocenters. The van der Waals surface area contributed by atoms with E-state index in [1.54, 1.807) is 11.9 Å². The van der Waals surface area contributed by atoms with E-state index in [0.717, 1.165) is 18.9 Å². The number of aliphatic hydroxyl groups excluding tert-OH is 1. The lowest BCUT2D eigenvalue weighted by Gasteiger charge is -2.35.